The molecule has 3 nitrogen and oxygen atoms in total. The molecule has 1 N–H and O–H groups in total. The number of rotatable bonds is 4. The summed E-state index contributed by atoms with van der Waals surface area (Å²) < 4.78 is 5.75. The van der Waals surface area contributed by atoms with Gasteiger partial charge < -0.3 is 10.1 Å². The Bertz CT molecular complexity index is 550. The number of hydrogen-bond donors (Lipinski definition) is 1. The van der Waals surface area contributed by atoms with E-state index in [0.717, 1.165) is 0 Å². The van der Waals surface area contributed by atoms with Crippen molar-refractivity contribution >= 4 is 5.91 Å². The lowest BCUT2D eigenvalue weighted by Crippen LogP contribution is -2.30. The van der Waals surface area contributed by atoms with Crippen LogP contribution in [0.2, 0.25) is 0 Å². The second-order valence-corrected chi connectivity index (χ2v) is 4.54. The molecule has 0 spiro atoms. The van der Waals surface area contributed by atoms with Crippen LogP contribution in [0.15, 0.2) is 54.6 Å². The van der Waals surface area contributed by atoms with Crippen LogP contribution in [0.3, 0.4) is 0 Å². The van der Waals surface area contributed by atoms with E-state index in [1.54, 1.807) is 12.1 Å². The summed E-state index contributed by atoms with van der Waals surface area (Å²) in [6.07, 6.45) is 0. The van der Waals surface area contributed by atoms with Crippen LogP contribution in [0.1, 0.15) is 24.2 Å². The SMILES string of the molecule is CC(C)NC(=O)c1ccccc1Oc1ccccc1. The number of carbonyl (C=O) groups excluding carboxylic acids is 1. The predicted molar refractivity (Wildman–Crippen MR) is 75.6 cm³/mol. The van der Waals surface area contributed by atoms with E-state index in [1.165, 1.54) is 0 Å². The Kier molecular flexibility index (Phi) is 4.18. The number of benzene rings is 2. The van der Waals surface area contributed by atoms with Crippen molar-refractivity contribution in [2.24, 2.45) is 0 Å². The second-order valence-electron chi connectivity index (χ2n) is 4.54. The highest BCUT2D eigenvalue weighted by Crippen LogP contribution is 2.24. The topological polar surface area (TPSA) is 38.3 Å². The molecular formula is C16H17NO2. The minimum atomic E-state index is -0.124. The summed E-state index contributed by atoms with van der Waals surface area (Å²) in [7, 11) is 0. The molecule has 1 amide bonds. The summed E-state index contributed by atoms with van der Waals surface area (Å²) in [6, 6.07) is 16.8. The van der Waals surface area contributed by atoms with Crippen molar-refractivity contribution in [2.45, 2.75) is 19.9 Å². The molecule has 0 saturated carbocycles. The number of hydrogen-bond acceptors (Lipinski definition) is 2. The monoisotopic (exact) mass is 255 g/mol. The van der Waals surface area contributed by atoms with Crippen LogP contribution in [0.5, 0.6) is 11.5 Å². The van der Waals surface area contributed by atoms with E-state index in [2.05, 4.69) is 5.32 Å². The molecule has 2 aromatic carbocycles. The van der Waals surface area contributed by atoms with Gasteiger partial charge in [-0.2, -0.15) is 0 Å². The maximum atomic E-state index is 12.1. The summed E-state index contributed by atoms with van der Waals surface area (Å²) in [5.41, 5.74) is 0.542. The van der Waals surface area contributed by atoms with Gasteiger partial charge in [-0.3, -0.25) is 4.79 Å². The lowest BCUT2D eigenvalue weighted by molar-refractivity contribution is 0.0941. The van der Waals surface area contributed by atoms with Crippen LogP contribution in [0.25, 0.3) is 0 Å². The van der Waals surface area contributed by atoms with Gasteiger partial charge in [0.05, 0.1) is 5.56 Å². The Labute approximate surface area is 113 Å². The van der Waals surface area contributed by atoms with Crippen LogP contribution in [0, 0.1) is 0 Å². The smallest absolute Gasteiger partial charge is 0.255 e. The van der Waals surface area contributed by atoms with E-state index in [0.29, 0.717) is 17.1 Å². The predicted octanol–water partition coefficient (Wildman–Crippen LogP) is 3.62. The minimum absolute atomic E-state index is 0.0947. The van der Waals surface area contributed by atoms with Gasteiger partial charge in [-0.15, -0.1) is 0 Å². The highest BCUT2D eigenvalue weighted by Gasteiger charge is 2.13. The second kappa shape index (κ2) is 6.05. The van der Waals surface area contributed by atoms with Crippen molar-refractivity contribution in [3.05, 3.63) is 60.2 Å². The maximum absolute atomic E-state index is 12.1. The Morgan fingerprint density at radius 1 is 1.00 bits per heavy atom. The van der Waals surface area contributed by atoms with Gasteiger partial charge in [0.1, 0.15) is 11.5 Å². The molecule has 98 valence electrons. The van der Waals surface area contributed by atoms with E-state index >= 15 is 0 Å². The molecule has 3 heteroatoms. The van der Waals surface area contributed by atoms with Gasteiger partial charge in [0.25, 0.3) is 5.91 Å². The highest BCUT2D eigenvalue weighted by atomic mass is 16.5. The zero-order valence-electron chi connectivity index (χ0n) is 11.1. The summed E-state index contributed by atoms with van der Waals surface area (Å²) in [6.45, 7) is 3.86. The van der Waals surface area contributed by atoms with Crippen molar-refractivity contribution < 1.29 is 9.53 Å². The summed E-state index contributed by atoms with van der Waals surface area (Å²) >= 11 is 0. The van der Waals surface area contributed by atoms with Crippen LogP contribution in [-0.2, 0) is 0 Å². The van der Waals surface area contributed by atoms with Crippen molar-refractivity contribution in [1.82, 2.24) is 5.32 Å². The van der Waals surface area contributed by atoms with Crippen LogP contribution in [-0.4, -0.2) is 11.9 Å². The third kappa shape index (κ3) is 3.58. The minimum Gasteiger partial charge on any atom is -0.457 e. The molecule has 0 saturated heterocycles. The van der Waals surface area contributed by atoms with Gasteiger partial charge in [-0.1, -0.05) is 30.3 Å². The largest absolute Gasteiger partial charge is 0.457 e. The van der Waals surface area contributed by atoms with Crippen molar-refractivity contribution in [3.8, 4) is 11.5 Å². The van der Waals surface area contributed by atoms with Crippen molar-refractivity contribution in [3.63, 3.8) is 0 Å². The molecule has 0 unspecified atom stereocenters. The first kappa shape index (κ1) is 13.1. The van der Waals surface area contributed by atoms with Gasteiger partial charge in [-0.05, 0) is 38.1 Å². The Morgan fingerprint density at radius 2 is 1.63 bits per heavy atom. The molecule has 0 radical (unpaired) electrons. The molecule has 0 fully saturated rings. The zero-order chi connectivity index (χ0) is 13.7. The lowest BCUT2D eigenvalue weighted by Gasteiger charge is -2.12. The van der Waals surface area contributed by atoms with Crippen LogP contribution >= 0.6 is 0 Å². The molecule has 2 aromatic rings. The quantitative estimate of drug-likeness (QED) is 0.906. The van der Waals surface area contributed by atoms with E-state index in [1.807, 2.05) is 56.3 Å². The molecule has 2 rings (SSSR count). The van der Waals surface area contributed by atoms with Gasteiger partial charge >= 0.3 is 0 Å². The summed E-state index contributed by atoms with van der Waals surface area (Å²) in [5, 5.41) is 2.87. The molecule has 0 atom stereocenters. The lowest BCUT2D eigenvalue weighted by atomic mass is 10.1. The number of nitrogens with one attached hydrogen (secondary N) is 1. The number of para-hydroxylation sites is 2. The molecule has 0 heterocycles. The molecule has 0 aliphatic rings. The average molecular weight is 255 g/mol. The third-order valence-electron chi connectivity index (χ3n) is 2.52. The molecular weight excluding hydrogens is 238 g/mol. The zero-order valence-corrected chi connectivity index (χ0v) is 11.1. The molecule has 0 aliphatic carbocycles. The molecule has 19 heavy (non-hydrogen) atoms. The molecule has 0 aromatic heterocycles. The van der Waals surface area contributed by atoms with E-state index in [4.69, 9.17) is 4.74 Å². The number of amides is 1. The fourth-order valence-electron chi connectivity index (χ4n) is 1.70. The Hall–Kier alpha value is -2.29. The van der Waals surface area contributed by atoms with E-state index < -0.39 is 0 Å². The highest BCUT2D eigenvalue weighted by molar-refractivity contribution is 5.97. The summed E-state index contributed by atoms with van der Waals surface area (Å²) in [5.74, 6) is 1.15. The maximum Gasteiger partial charge on any atom is 0.255 e. The van der Waals surface area contributed by atoms with Crippen LogP contribution in [0.4, 0.5) is 0 Å². The third-order valence-corrected chi connectivity index (χ3v) is 2.52. The first-order valence-electron chi connectivity index (χ1n) is 6.29. The Balaban J connectivity index is 2.24. The normalized spacial score (nSPS) is 10.3. The van der Waals surface area contributed by atoms with Gasteiger partial charge in [0, 0.05) is 6.04 Å². The van der Waals surface area contributed by atoms with Gasteiger partial charge in [0.2, 0.25) is 0 Å². The standard InChI is InChI=1S/C16H17NO2/c1-12(2)17-16(18)14-10-6-7-11-15(14)19-13-8-4-3-5-9-13/h3-12H,1-2H3,(H,17,18). The number of ether oxygens (including phenoxy) is 1. The molecule has 0 aliphatic heterocycles. The first-order chi connectivity index (χ1) is 9.16. The number of carbonyl (C=O) groups is 1. The Morgan fingerprint density at radius 3 is 2.32 bits per heavy atom. The first-order valence-corrected chi connectivity index (χ1v) is 6.29. The fraction of sp³-hybridized carbons (Fsp3) is 0.188. The van der Waals surface area contributed by atoms with Gasteiger partial charge in [0.15, 0.2) is 0 Å². The summed E-state index contributed by atoms with van der Waals surface area (Å²) in [4.78, 5) is 12.1. The molecule has 0 bridgehead atoms. The van der Waals surface area contributed by atoms with E-state index in [9.17, 15) is 4.79 Å². The van der Waals surface area contributed by atoms with Gasteiger partial charge in [-0.25, -0.2) is 0 Å². The fourth-order valence-corrected chi connectivity index (χ4v) is 1.70. The van der Waals surface area contributed by atoms with E-state index in [-0.39, 0.29) is 11.9 Å². The van der Waals surface area contributed by atoms with Crippen molar-refractivity contribution in [1.29, 1.82) is 0 Å². The van der Waals surface area contributed by atoms with Crippen LogP contribution < -0.4 is 10.1 Å². The van der Waals surface area contributed by atoms with Crippen molar-refractivity contribution in [2.75, 3.05) is 0 Å². The average Bonchev–Trinajstić information content (AvgIpc) is 2.39.